The summed E-state index contributed by atoms with van der Waals surface area (Å²) in [5.74, 6) is 0. The van der Waals surface area contributed by atoms with Gasteiger partial charge < -0.3 is 63.8 Å². The highest BCUT2D eigenvalue weighted by Crippen LogP contribution is 2.57. The van der Waals surface area contributed by atoms with Crippen molar-refractivity contribution < 1.29 is 40.9 Å². The minimum atomic E-state index is -1.91. The molecule has 12 heteroatoms. The van der Waals surface area contributed by atoms with E-state index in [1.807, 2.05) is 0 Å². The summed E-state index contributed by atoms with van der Waals surface area (Å²) in [5.41, 5.74) is 2.16. The Kier molecular flexibility index (Phi) is 7.07. The highest BCUT2D eigenvalue weighted by atomic mass is 16.4. The van der Waals surface area contributed by atoms with E-state index in [2.05, 4.69) is 0 Å². The Labute approximate surface area is 214 Å². The van der Waals surface area contributed by atoms with Gasteiger partial charge in [0.1, 0.15) is 44.8 Å². The van der Waals surface area contributed by atoms with Crippen LogP contribution in [0.1, 0.15) is 83.1 Å². The maximum Gasteiger partial charge on any atom is 0.113 e. The van der Waals surface area contributed by atoms with Crippen molar-refractivity contribution in [2.45, 2.75) is 150 Å². The van der Waals surface area contributed by atoms with Gasteiger partial charge in [0.05, 0.1) is 22.2 Å². The molecule has 8 atom stereocenters. The van der Waals surface area contributed by atoms with Crippen LogP contribution in [-0.2, 0) is 0 Å². The lowest BCUT2D eigenvalue weighted by molar-refractivity contribution is -0.337. The lowest BCUT2D eigenvalue weighted by atomic mass is 9.45. The van der Waals surface area contributed by atoms with Crippen molar-refractivity contribution in [1.29, 1.82) is 0 Å². The van der Waals surface area contributed by atoms with Gasteiger partial charge in [0, 0.05) is 0 Å². The van der Waals surface area contributed by atoms with E-state index in [0.717, 1.165) is 0 Å². The molecule has 2 aliphatic carbocycles. The van der Waals surface area contributed by atoms with Gasteiger partial charge in [0.25, 0.3) is 0 Å². The second-order valence-corrected chi connectivity index (χ2v) is 13.4. The van der Waals surface area contributed by atoms with Crippen LogP contribution in [-0.4, -0.2) is 108 Å². The van der Waals surface area contributed by atoms with Crippen LogP contribution in [0, 0.1) is 0 Å². The number of nitrogens with two attached hydrogens (primary N) is 4. The van der Waals surface area contributed by atoms with Crippen LogP contribution >= 0.6 is 0 Å². The first-order valence-electron chi connectivity index (χ1n) is 11.9. The van der Waals surface area contributed by atoms with Gasteiger partial charge in [-0.15, -0.1) is 0 Å². The fourth-order valence-corrected chi connectivity index (χ4v) is 5.94. The maximum absolute atomic E-state index is 10.6. The summed E-state index contributed by atoms with van der Waals surface area (Å²) < 4.78 is 0. The number of hydrogen-bond donors (Lipinski definition) is 12. The highest BCUT2D eigenvalue weighted by Gasteiger charge is 2.80. The molecule has 0 amide bonds. The summed E-state index contributed by atoms with van der Waals surface area (Å²) in [4.78, 5) is 0. The zero-order valence-corrected chi connectivity index (χ0v) is 23.9. The summed E-state index contributed by atoms with van der Waals surface area (Å²) in [6.07, 6.45) is 0. The van der Waals surface area contributed by atoms with Crippen LogP contribution in [0.3, 0.4) is 0 Å². The monoisotopic (exact) mass is 524 g/mol. The van der Waals surface area contributed by atoms with Crippen molar-refractivity contribution in [2.24, 2.45) is 22.9 Å². The fourth-order valence-electron chi connectivity index (χ4n) is 5.94. The average Bonchev–Trinajstić information content (AvgIpc) is 2.65. The summed E-state index contributed by atoms with van der Waals surface area (Å²) in [6, 6.07) is 0. The van der Waals surface area contributed by atoms with Gasteiger partial charge in [0.2, 0.25) is 0 Å². The number of hydrogen-bond acceptors (Lipinski definition) is 12. The predicted octanol–water partition coefficient (Wildman–Crippen LogP) is -3.12. The molecule has 0 heterocycles. The summed E-state index contributed by atoms with van der Waals surface area (Å²) >= 11 is 0. The van der Waals surface area contributed by atoms with Crippen LogP contribution < -0.4 is 22.9 Å². The average molecular weight is 525 g/mol. The van der Waals surface area contributed by atoms with E-state index in [9.17, 15) is 40.9 Å². The first-order chi connectivity index (χ1) is 15.0. The molecule has 12 nitrogen and oxygen atoms in total. The molecule has 0 saturated heterocycles. The van der Waals surface area contributed by atoms with Gasteiger partial charge in [-0.2, -0.15) is 0 Å². The third kappa shape index (κ3) is 3.07. The molecule has 216 valence electrons. The quantitative estimate of drug-likeness (QED) is 0.150. The van der Waals surface area contributed by atoms with E-state index in [4.69, 9.17) is 22.9 Å². The van der Waals surface area contributed by atoms with E-state index < -0.39 is 67.0 Å². The van der Waals surface area contributed by atoms with Crippen molar-refractivity contribution in [2.75, 3.05) is 0 Å². The second-order valence-electron chi connectivity index (χ2n) is 13.4. The largest absolute Gasteiger partial charge is 0.385 e. The first-order valence-corrected chi connectivity index (χ1v) is 11.9. The van der Waals surface area contributed by atoms with E-state index in [1.54, 1.807) is 0 Å². The van der Waals surface area contributed by atoms with E-state index in [1.165, 1.54) is 83.1 Å². The minimum absolute atomic E-state index is 1.31. The van der Waals surface area contributed by atoms with E-state index in [0.29, 0.717) is 0 Å². The lowest BCUT2D eigenvalue weighted by Crippen LogP contribution is -2.95. The van der Waals surface area contributed by atoms with Gasteiger partial charge in [-0.05, 0) is 83.1 Å². The first kappa shape index (κ1) is 33.5. The predicted molar refractivity (Wildman–Crippen MR) is 135 cm³/mol. The van der Waals surface area contributed by atoms with Crippen LogP contribution in [0.15, 0.2) is 0 Å². The van der Waals surface area contributed by atoms with E-state index in [-0.39, 0.29) is 0 Å². The smallest absolute Gasteiger partial charge is 0.113 e. The molecular formula is C24H52N4O8. The third-order valence-electron chi connectivity index (χ3n) is 11.9. The Morgan fingerprint density at radius 1 is 0.250 bits per heavy atom. The van der Waals surface area contributed by atoms with Crippen LogP contribution in [0.2, 0.25) is 0 Å². The molecule has 0 aromatic heterocycles. The highest BCUT2D eigenvalue weighted by molar-refractivity contribution is 5.36. The zero-order chi connectivity index (χ0) is 30.0. The Balaban J connectivity index is 0.000000360. The van der Waals surface area contributed by atoms with Crippen molar-refractivity contribution >= 4 is 0 Å². The zero-order valence-electron chi connectivity index (χ0n) is 23.9. The summed E-state index contributed by atoms with van der Waals surface area (Å²) in [6.45, 7) is 16.0. The second kappa shape index (κ2) is 7.58. The Hall–Kier alpha value is -0.480. The van der Waals surface area contributed by atoms with Crippen LogP contribution in [0.5, 0.6) is 0 Å². The van der Waals surface area contributed by atoms with Gasteiger partial charge in [-0.1, -0.05) is 0 Å². The Morgan fingerprint density at radius 3 is 0.361 bits per heavy atom. The van der Waals surface area contributed by atoms with Gasteiger partial charge in [0.15, 0.2) is 0 Å². The molecule has 0 bridgehead atoms. The Morgan fingerprint density at radius 2 is 0.306 bits per heavy atom. The third-order valence-corrected chi connectivity index (χ3v) is 11.9. The molecule has 16 N–H and O–H groups in total. The Bertz CT molecular complexity index is 578. The van der Waals surface area contributed by atoms with Gasteiger partial charge in [-0.25, -0.2) is 0 Å². The number of aliphatic hydroxyl groups is 8. The topological polar surface area (TPSA) is 266 Å². The molecule has 36 heavy (non-hydrogen) atoms. The molecule has 2 aliphatic rings. The molecule has 0 aromatic carbocycles. The van der Waals surface area contributed by atoms with Crippen molar-refractivity contribution in [3.8, 4) is 0 Å². The molecule has 2 saturated carbocycles. The van der Waals surface area contributed by atoms with E-state index >= 15 is 0 Å². The number of rotatable bonds is 0. The van der Waals surface area contributed by atoms with Crippen molar-refractivity contribution in [1.82, 2.24) is 0 Å². The maximum atomic E-state index is 10.6. The van der Waals surface area contributed by atoms with Crippen LogP contribution in [0.4, 0.5) is 0 Å². The summed E-state index contributed by atoms with van der Waals surface area (Å²) in [7, 11) is 0. The van der Waals surface area contributed by atoms with Gasteiger partial charge >= 0.3 is 0 Å². The minimum Gasteiger partial charge on any atom is -0.385 e. The van der Waals surface area contributed by atoms with Gasteiger partial charge in [-0.3, -0.25) is 0 Å². The molecule has 2 rings (SSSR count). The summed E-state index contributed by atoms with van der Waals surface area (Å²) in [5, 5.41) is 84.9. The van der Waals surface area contributed by atoms with Crippen molar-refractivity contribution in [3.05, 3.63) is 0 Å². The standard InChI is InChI=1S/2C12H26N2O4/c2*1-7(13)9(3,15)11(5,17)8(2,14)12(6,18)10(7,4)16/h2*15-18H,13-14H2,1-6H3. The van der Waals surface area contributed by atoms with Crippen LogP contribution in [0.25, 0.3) is 0 Å². The molecule has 0 spiro atoms. The molecule has 8 unspecified atom stereocenters. The lowest BCUT2D eigenvalue weighted by Gasteiger charge is -2.70. The molecular weight excluding hydrogens is 472 g/mol. The van der Waals surface area contributed by atoms with Crippen molar-refractivity contribution in [3.63, 3.8) is 0 Å². The normalized spacial score (nSPS) is 66.0. The fraction of sp³-hybridized carbons (Fsp3) is 1.00. The molecule has 2 fully saturated rings. The molecule has 0 aliphatic heterocycles. The molecule has 0 aromatic rings. The SMILES string of the molecule is CC1(N)C(C)(O)C(C)(O)C(C)(N)C(C)(O)C1(C)O.CC1(N)C(C)(O)C(C)(O)C(C)(N)C(C)(O)C1(C)O. The molecule has 0 radical (unpaired) electrons.